The normalized spacial score (nSPS) is 20.0. The molecule has 2 aromatic rings. The highest BCUT2D eigenvalue weighted by molar-refractivity contribution is 6.42. The number of nitrogens with zero attached hydrogens (tertiary/aromatic N) is 3. The Morgan fingerprint density at radius 3 is 2.92 bits per heavy atom. The second-order valence-electron chi connectivity index (χ2n) is 5.66. The molecular formula is C16H15Cl2N5O2. The van der Waals surface area contributed by atoms with Crippen molar-refractivity contribution in [3.63, 3.8) is 0 Å². The largest absolute Gasteiger partial charge is 0.379 e. The van der Waals surface area contributed by atoms with E-state index in [1.54, 1.807) is 22.9 Å². The number of nitriles is 1. The first-order valence-corrected chi connectivity index (χ1v) is 8.33. The quantitative estimate of drug-likeness (QED) is 0.848. The van der Waals surface area contributed by atoms with Gasteiger partial charge in [0.1, 0.15) is 5.56 Å². The lowest BCUT2D eigenvalue weighted by Crippen LogP contribution is -2.29. The number of carbonyl (C=O) groups is 1. The zero-order chi connectivity index (χ0) is 18.0. The van der Waals surface area contributed by atoms with Crippen LogP contribution in [0.15, 0.2) is 24.4 Å². The van der Waals surface area contributed by atoms with Crippen molar-refractivity contribution in [2.24, 2.45) is 11.7 Å². The fourth-order valence-electron chi connectivity index (χ4n) is 2.68. The molecular weight excluding hydrogens is 365 g/mol. The van der Waals surface area contributed by atoms with Crippen LogP contribution in [-0.2, 0) is 4.74 Å². The van der Waals surface area contributed by atoms with Gasteiger partial charge in [0.15, 0.2) is 5.82 Å². The van der Waals surface area contributed by atoms with E-state index in [0.29, 0.717) is 35.4 Å². The van der Waals surface area contributed by atoms with Crippen LogP contribution < -0.4 is 11.1 Å². The summed E-state index contributed by atoms with van der Waals surface area (Å²) in [6.07, 6.45) is 2.15. The Morgan fingerprint density at radius 1 is 1.44 bits per heavy atom. The standard InChI is InChI=1S/C16H15Cl2N5O2/c17-12-2-1-10(5-13(12)18)21-16-11(15(20)24)7-23(22-16)14-8-25-4-3-9(14)6-19/h1-2,5,7,9,14H,3-4,8H2,(H2,20,24)(H,21,22). The number of rotatable bonds is 4. The molecule has 25 heavy (non-hydrogen) atoms. The molecule has 1 aliphatic heterocycles. The minimum Gasteiger partial charge on any atom is -0.379 e. The van der Waals surface area contributed by atoms with Gasteiger partial charge in [-0.3, -0.25) is 9.48 Å². The molecule has 0 spiro atoms. The Labute approximate surface area is 154 Å². The molecule has 1 aromatic carbocycles. The van der Waals surface area contributed by atoms with Crippen LogP contribution in [0.5, 0.6) is 0 Å². The molecule has 0 bridgehead atoms. The number of ether oxygens (including phenoxy) is 1. The van der Waals surface area contributed by atoms with Crippen molar-refractivity contribution in [3.8, 4) is 6.07 Å². The zero-order valence-electron chi connectivity index (χ0n) is 13.1. The number of nitrogens with one attached hydrogen (secondary N) is 1. The van der Waals surface area contributed by atoms with E-state index < -0.39 is 5.91 Å². The number of amides is 1. The molecule has 1 amide bonds. The molecule has 1 saturated heterocycles. The van der Waals surface area contributed by atoms with Crippen molar-refractivity contribution < 1.29 is 9.53 Å². The lowest BCUT2D eigenvalue weighted by Gasteiger charge is -2.26. The number of halogens is 2. The van der Waals surface area contributed by atoms with Crippen molar-refractivity contribution in [1.29, 1.82) is 5.26 Å². The van der Waals surface area contributed by atoms with Gasteiger partial charge < -0.3 is 15.8 Å². The van der Waals surface area contributed by atoms with Crippen molar-refractivity contribution in [3.05, 3.63) is 40.0 Å². The van der Waals surface area contributed by atoms with Crippen molar-refractivity contribution in [2.45, 2.75) is 12.5 Å². The third-order valence-corrected chi connectivity index (χ3v) is 4.75. The van der Waals surface area contributed by atoms with E-state index in [1.165, 1.54) is 6.20 Å². The van der Waals surface area contributed by atoms with Gasteiger partial charge in [0, 0.05) is 18.5 Å². The summed E-state index contributed by atoms with van der Waals surface area (Å²) in [5.41, 5.74) is 6.28. The summed E-state index contributed by atoms with van der Waals surface area (Å²) in [6.45, 7) is 0.886. The van der Waals surface area contributed by atoms with Crippen LogP contribution in [0.3, 0.4) is 0 Å². The van der Waals surface area contributed by atoms with Crippen LogP contribution in [0.2, 0.25) is 10.0 Å². The van der Waals surface area contributed by atoms with Gasteiger partial charge in [0.2, 0.25) is 0 Å². The van der Waals surface area contributed by atoms with E-state index in [9.17, 15) is 10.1 Å². The van der Waals surface area contributed by atoms with Gasteiger partial charge in [0.05, 0.1) is 34.7 Å². The molecule has 2 atom stereocenters. The number of anilines is 2. The highest BCUT2D eigenvalue weighted by Gasteiger charge is 2.29. The molecule has 1 aromatic heterocycles. The van der Waals surface area contributed by atoms with E-state index in [0.717, 1.165) is 0 Å². The highest BCUT2D eigenvalue weighted by Crippen LogP contribution is 2.30. The molecule has 1 fully saturated rings. The number of hydrogen-bond donors (Lipinski definition) is 2. The van der Waals surface area contributed by atoms with Gasteiger partial charge in [-0.1, -0.05) is 23.2 Å². The maximum Gasteiger partial charge on any atom is 0.254 e. The molecule has 0 radical (unpaired) electrons. The van der Waals surface area contributed by atoms with Crippen molar-refractivity contribution in [1.82, 2.24) is 9.78 Å². The molecule has 7 nitrogen and oxygen atoms in total. The van der Waals surface area contributed by atoms with Gasteiger partial charge in [-0.15, -0.1) is 0 Å². The second kappa shape index (κ2) is 7.31. The average Bonchev–Trinajstić information content (AvgIpc) is 3.02. The van der Waals surface area contributed by atoms with Crippen LogP contribution in [-0.4, -0.2) is 28.9 Å². The third kappa shape index (κ3) is 3.71. The number of aromatic nitrogens is 2. The number of carbonyl (C=O) groups excluding carboxylic acids is 1. The molecule has 3 N–H and O–H groups in total. The molecule has 0 saturated carbocycles. The molecule has 9 heteroatoms. The third-order valence-electron chi connectivity index (χ3n) is 4.01. The van der Waals surface area contributed by atoms with Gasteiger partial charge in [-0.25, -0.2) is 0 Å². The summed E-state index contributed by atoms with van der Waals surface area (Å²) < 4.78 is 7.01. The number of benzene rings is 1. The Bertz CT molecular complexity index is 846. The van der Waals surface area contributed by atoms with Crippen LogP contribution in [0.25, 0.3) is 0 Å². The van der Waals surface area contributed by atoms with E-state index >= 15 is 0 Å². The number of nitrogens with two attached hydrogens (primary N) is 1. The molecule has 2 heterocycles. The average molecular weight is 380 g/mol. The number of primary amides is 1. The predicted octanol–water partition coefficient (Wildman–Crippen LogP) is 3.13. The van der Waals surface area contributed by atoms with Gasteiger partial charge in [0.25, 0.3) is 5.91 Å². The van der Waals surface area contributed by atoms with Crippen LogP contribution in [0.4, 0.5) is 11.5 Å². The molecule has 1 aliphatic rings. The van der Waals surface area contributed by atoms with E-state index in [4.69, 9.17) is 33.7 Å². The molecule has 3 rings (SSSR count). The maximum atomic E-state index is 11.8. The minimum atomic E-state index is -0.626. The minimum absolute atomic E-state index is 0.216. The fourth-order valence-corrected chi connectivity index (χ4v) is 2.98. The lowest BCUT2D eigenvalue weighted by atomic mass is 9.97. The SMILES string of the molecule is N#CC1CCOCC1n1cc(C(N)=O)c(Nc2ccc(Cl)c(Cl)c2)n1. The maximum absolute atomic E-state index is 11.8. The Hall–Kier alpha value is -2.27. The highest BCUT2D eigenvalue weighted by atomic mass is 35.5. The van der Waals surface area contributed by atoms with E-state index in [-0.39, 0.29) is 23.3 Å². The molecule has 2 unspecified atom stereocenters. The summed E-state index contributed by atoms with van der Waals surface area (Å²) in [6, 6.07) is 6.95. The van der Waals surface area contributed by atoms with E-state index in [1.807, 2.05) is 0 Å². The first-order chi connectivity index (χ1) is 12.0. The van der Waals surface area contributed by atoms with Crippen LogP contribution in [0, 0.1) is 17.2 Å². The monoisotopic (exact) mass is 379 g/mol. The summed E-state index contributed by atoms with van der Waals surface area (Å²) in [5.74, 6) is -0.584. The summed E-state index contributed by atoms with van der Waals surface area (Å²) in [7, 11) is 0. The van der Waals surface area contributed by atoms with Gasteiger partial charge >= 0.3 is 0 Å². The fraction of sp³-hybridized carbons (Fsp3) is 0.312. The Morgan fingerprint density at radius 2 is 2.24 bits per heavy atom. The Kier molecular flexibility index (Phi) is 5.13. The van der Waals surface area contributed by atoms with Crippen molar-refractivity contribution >= 4 is 40.6 Å². The first kappa shape index (κ1) is 17.5. The van der Waals surface area contributed by atoms with E-state index in [2.05, 4.69) is 16.5 Å². The Balaban J connectivity index is 1.93. The lowest BCUT2D eigenvalue weighted by molar-refractivity contribution is 0.0342. The molecule has 0 aliphatic carbocycles. The second-order valence-corrected chi connectivity index (χ2v) is 6.47. The molecule has 130 valence electrons. The van der Waals surface area contributed by atoms with Crippen molar-refractivity contribution in [2.75, 3.05) is 18.5 Å². The van der Waals surface area contributed by atoms with Crippen LogP contribution in [0.1, 0.15) is 22.8 Å². The van der Waals surface area contributed by atoms with Gasteiger partial charge in [-0.05, 0) is 24.6 Å². The topological polar surface area (TPSA) is 106 Å². The summed E-state index contributed by atoms with van der Waals surface area (Å²) in [4.78, 5) is 11.8. The first-order valence-electron chi connectivity index (χ1n) is 7.58. The summed E-state index contributed by atoms with van der Waals surface area (Å²) >= 11 is 11.9. The predicted molar refractivity (Wildman–Crippen MR) is 94.1 cm³/mol. The van der Waals surface area contributed by atoms with Crippen LogP contribution >= 0.6 is 23.2 Å². The smallest absolute Gasteiger partial charge is 0.254 e. The summed E-state index contributed by atoms with van der Waals surface area (Å²) in [5, 5.41) is 17.5. The van der Waals surface area contributed by atoms with Gasteiger partial charge in [-0.2, -0.15) is 10.4 Å². The number of hydrogen-bond acceptors (Lipinski definition) is 5. The zero-order valence-corrected chi connectivity index (χ0v) is 14.6.